The van der Waals surface area contributed by atoms with Gasteiger partial charge in [-0.25, -0.2) is 8.78 Å². The number of halogens is 3. The van der Waals surface area contributed by atoms with Crippen LogP contribution in [0.4, 0.5) is 13.2 Å². The average Bonchev–Trinajstić information content (AvgIpc) is 2.65. The molecule has 0 bridgehead atoms. The van der Waals surface area contributed by atoms with Crippen molar-refractivity contribution in [3.8, 4) is 0 Å². The first-order valence-electron chi connectivity index (χ1n) is 4.63. The molecule has 1 aromatic heterocycles. The maximum atomic E-state index is 13.4. The fraction of sp³-hybridized carbons (Fsp3) is 0. The van der Waals surface area contributed by atoms with Gasteiger partial charge in [-0.1, -0.05) is 12.1 Å². The predicted octanol–water partition coefficient (Wildman–Crippen LogP) is 4.00. The number of fused-ring (bicyclic) bond motifs is 3. The quantitative estimate of drug-likeness (QED) is 0.560. The number of furan rings is 1. The zero-order valence-corrected chi connectivity index (χ0v) is 7.93. The van der Waals surface area contributed by atoms with Crippen LogP contribution < -0.4 is 0 Å². The van der Waals surface area contributed by atoms with E-state index in [4.69, 9.17) is 4.42 Å². The van der Waals surface area contributed by atoms with Crippen LogP contribution >= 0.6 is 0 Å². The largest absolute Gasteiger partial charge is 0.450 e. The van der Waals surface area contributed by atoms with Crippen LogP contribution in [0, 0.1) is 17.5 Å². The summed E-state index contributed by atoms with van der Waals surface area (Å²) in [7, 11) is 0. The SMILES string of the molecule is Fc1ccc2c(oc3c(F)cccc32)c1F. The third-order valence-electron chi connectivity index (χ3n) is 2.51. The van der Waals surface area contributed by atoms with E-state index in [0.717, 1.165) is 6.07 Å². The summed E-state index contributed by atoms with van der Waals surface area (Å²) in [4.78, 5) is 0. The van der Waals surface area contributed by atoms with Gasteiger partial charge in [0, 0.05) is 10.8 Å². The van der Waals surface area contributed by atoms with Crippen LogP contribution in [0.3, 0.4) is 0 Å². The van der Waals surface area contributed by atoms with Gasteiger partial charge in [-0.3, -0.25) is 0 Å². The molecule has 0 N–H and O–H groups in total. The van der Waals surface area contributed by atoms with E-state index in [9.17, 15) is 13.2 Å². The van der Waals surface area contributed by atoms with Crippen molar-refractivity contribution in [2.75, 3.05) is 0 Å². The first kappa shape index (κ1) is 9.27. The number of benzene rings is 2. The van der Waals surface area contributed by atoms with Gasteiger partial charge in [-0.05, 0) is 18.2 Å². The summed E-state index contributed by atoms with van der Waals surface area (Å²) in [5, 5.41) is 0.808. The molecule has 0 aliphatic heterocycles. The summed E-state index contributed by atoms with van der Waals surface area (Å²) >= 11 is 0. The van der Waals surface area contributed by atoms with E-state index >= 15 is 0 Å². The van der Waals surface area contributed by atoms with Gasteiger partial charge < -0.3 is 4.42 Å². The second kappa shape index (κ2) is 3.01. The van der Waals surface area contributed by atoms with Gasteiger partial charge in [0.2, 0.25) is 5.82 Å². The topological polar surface area (TPSA) is 13.1 Å². The summed E-state index contributed by atoms with van der Waals surface area (Å²) < 4.78 is 44.7. The Balaban J connectivity index is 2.60. The molecule has 3 aromatic rings. The molecule has 0 amide bonds. The maximum Gasteiger partial charge on any atom is 0.201 e. The second-order valence-corrected chi connectivity index (χ2v) is 3.46. The lowest BCUT2D eigenvalue weighted by Crippen LogP contribution is -1.81. The van der Waals surface area contributed by atoms with Crippen molar-refractivity contribution in [1.29, 1.82) is 0 Å². The third kappa shape index (κ3) is 1.07. The van der Waals surface area contributed by atoms with E-state index in [0.29, 0.717) is 10.8 Å². The summed E-state index contributed by atoms with van der Waals surface area (Å²) in [6, 6.07) is 6.67. The fourth-order valence-electron chi connectivity index (χ4n) is 1.77. The van der Waals surface area contributed by atoms with Crippen molar-refractivity contribution in [3.63, 3.8) is 0 Å². The molecule has 0 saturated heterocycles. The molecule has 1 nitrogen and oxygen atoms in total. The molecule has 0 spiro atoms. The fourth-order valence-corrected chi connectivity index (χ4v) is 1.77. The van der Waals surface area contributed by atoms with Crippen LogP contribution in [0.1, 0.15) is 0 Å². The van der Waals surface area contributed by atoms with Crippen LogP contribution in [-0.4, -0.2) is 0 Å². The van der Waals surface area contributed by atoms with Crippen molar-refractivity contribution in [3.05, 3.63) is 47.8 Å². The van der Waals surface area contributed by atoms with Crippen LogP contribution in [0.15, 0.2) is 34.7 Å². The Morgan fingerprint density at radius 1 is 0.750 bits per heavy atom. The van der Waals surface area contributed by atoms with Gasteiger partial charge in [0.15, 0.2) is 22.8 Å². The van der Waals surface area contributed by atoms with Gasteiger partial charge in [0.05, 0.1) is 0 Å². The highest BCUT2D eigenvalue weighted by Crippen LogP contribution is 2.32. The molecule has 0 saturated carbocycles. The zero-order valence-electron chi connectivity index (χ0n) is 7.93. The molecule has 0 fully saturated rings. The van der Waals surface area contributed by atoms with Crippen molar-refractivity contribution in [2.45, 2.75) is 0 Å². The molecule has 1 heterocycles. The summed E-state index contributed by atoms with van der Waals surface area (Å²) in [6.45, 7) is 0. The normalized spacial score (nSPS) is 11.4. The molecule has 0 aliphatic rings. The number of para-hydroxylation sites is 1. The van der Waals surface area contributed by atoms with Crippen LogP contribution in [-0.2, 0) is 0 Å². The van der Waals surface area contributed by atoms with E-state index in [-0.39, 0.29) is 11.2 Å². The average molecular weight is 222 g/mol. The van der Waals surface area contributed by atoms with E-state index in [1.54, 1.807) is 6.07 Å². The number of rotatable bonds is 0. The lowest BCUT2D eigenvalue weighted by molar-refractivity contribution is 0.494. The monoisotopic (exact) mass is 222 g/mol. The van der Waals surface area contributed by atoms with E-state index in [1.807, 2.05) is 0 Å². The minimum absolute atomic E-state index is 0.0537. The van der Waals surface area contributed by atoms with Gasteiger partial charge >= 0.3 is 0 Å². The molecule has 16 heavy (non-hydrogen) atoms. The number of hydrogen-bond acceptors (Lipinski definition) is 1. The Morgan fingerprint density at radius 3 is 2.31 bits per heavy atom. The molecule has 3 rings (SSSR count). The first-order valence-corrected chi connectivity index (χ1v) is 4.63. The Kier molecular flexibility index (Phi) is 1.74. The van der Waals surface area contributed by atoms with Crippen LogP contribution in [0.25, 0.3) is 21.9 Å². The molecule has 0 unspecified atom stereocenters. The van der Waals surface area contributed by atoms with Crippen molar-refractivity contribution < 1.29 is 17.6 Å². The molecule has 0 radical (unpaired) electrons. The lowest BCUT2D eigenvalue weighted by Gasteiger charge is -1.92. The van der Waals surface area contributed by atoms with Gasteiger partial charge in [-0.2, -0.15) is 4.39 Å². The van der Waals surface area contributed by atoms with E-state index < -0.39 is 17.5 Å². The molecular formula is C12H5F3O. The molecular weight excluding hydrogens is 217 g/mol. The summed E-state index contributed by atoms with van der Waals surface area (Å²) in [6.07, 6.45) is 0. The van der Waals surface area contributed by atoms with E-state index in [1.165, 1.54) is 18.2 Å². The molecule has 80 valence electrons. The molecule has 0 aliphatic carbocycles. The van der Waals surface area contributed by atoms with Crippen molar-refractivity contribution >= 4 is 21.9 Å². The standard InChI is InChI=1S/C12H5F3O/c13-8-5-4-7-6-2-1-3-9(14)11(6)16-12(7)10(8)15/h1-5H. The Morgan fingerprint density at radius 2 is 1.50 bits per heavy atom. The zero-order chi connectivity index (χ0) is 11.3. The third-order valence-corrected chi connectivity index (χ3v) is 2.51. The maximum absolute atomic E-state index is 13.4. The van der Waals surface area contributed by atoms with Gasteiger partial charge in [-0.15, -0.1) is 0 Å². The minimum Gasteiger partial charge on any atom is -0.450 e. The van der Waals surface area contributed by atoms with Crippen molar-refractivity contribution in [2.24, 2.45) is 0 Å². The Labute approximate surface area is 88.1 Å². The second-order valence-electron chi connectivity index (χ2n) is 3.46. The smallest absolute Gasteiger partial charge is 0.201 e. The van der Waals surface area contributed by atoms with Crippen LogP contribution in [0.2, 0.25) is 0 Å². The highest BCUT2D eigenvalue weighted by molar-refractivity contribution is 6.05. The molecule has 0 atom stereocenters. The Bertz CT molecular complexity index is 700. The lowest BCUT2D eigenvalue weighted by atomic mass is 10.1. The summed E-state index contributed by atoms with van der Waals surface area (Å²) in [5.74, 6) is -2.69. The minimum atomic E-state index is -1.09. The van der Waals surface area contributed by atoms with E-state index in [2.05, 4.69) is 0 Å². The van der Waals surface area contributed by atoms with Gasteiger partial charge in [0.1, 0.15) is 0 Å². The molecule has 4 heteroatoms. The number of hydrogen-bond donors (Lipinski definition) is 0. The molecule has 2 aromatic carbocycles. The van der Waals surface area contributed by atoms with Crippen LogP contribution in [0.5, 0.6) is 0 Å². The predicted molar refractivity (Wildman–Crippen MR) is 53.6 cm³/mol. The Hall–Kier alpha value is -1.97. The van der Waals surface area contributed by atoms with Gasteiger partial charge in [0.25, 0.3) is 0 Å². The van der Waals surface area contributed by atoms with Crippen molar-refractivity contribution in [1.82, 2.24) is 0 Å². The highest BCUT2D eigenvalue weighted by atomic mass is 19.2. The highest BCUT2D eigenvalue weighted by Gasteiger charge is 2.16. The first-order chi connectivity index (χ1) is 7.68. The summed E-state index contributed by atoms with van der Waals surface area (Å²) in [5.41, 5.74) is -0.304.